The molecule has 0 bridgehead atoms. The summed E-state index contributed by atoms with van der Waals surface area (Å²) in [5, 5.41) is 13.3. The number of hydrogen-bond donors (Lipinski definition) is 0. The predicted octanol–water partition coefficient (Wildman–Crippen LogP) is 3.47. The normalized spacial score (nSPS) is 13.7. The average Bonchev–Trinajstić information content (AvgIpc) is 3.06. The summed E-state index contributed by atoms with van der Waals surface area (Å²) in [6.07, 6.45) is 1.29. The van der Waals surface area contributed by atoms with Gasteiger partial charge in [-0.05, 0) is 19.1 Å². The number of nitriles is 1. The van der Waals surface area contributed by atoms with E-state index in [4.69, 9.17) is 26.1 Å². The van der Waals surface area contributed by atoms with Crippen LogP contribution in [0.1, 0.15) is 21.7 Å². The second-order valence-corrected chi connectivity index (χ2v) is 6.80. The van der Waals surface area contributed by atoms with Crippen LogP contribution >= 0.6 is 11.6 Å². The van der Waals surface area contributed by atoms with Crippen LogP contribution in [0.15, 0.2) is 47.1 Å². The molecule has 0 radical (unpaired) electrons. The van der Waals surface area contributed by atoms with Crippen molar-refractivity contribution in [2.45, 2.75) is 13.0 Å². The minimum Gasteiger partial charge on any atom is -0.471 e. The van der Waals surface area contributed by atoms with Gasteiger partial charge in [0, 0.05) is 17.8 Å². The first kappa shape index (κ1) is 18.0. The molecular formula is C20H15ClN4O3. The molecule has 7 nitrogen and oxygen atoms in total. The summed E-state index contributed by atoms with van der Waals surface area (Å²) in [7, 11) is 0. The molecule has 3 aromatic rings. The van der Waals surface area contributed by atoms with Crippen molar-refractivity contribution in [2.75, 3.05) is 13.1 Å². The molecule has 2 aromatic heterocycles. The number of aryl methyl sites for hydroxylation is 1. The molecule has 1 aliphatic rings. The van der Waals surface area contributed by atoms with Crippen LogP contribution in [0.4, 0.5) is 0 Å². The minimum absolute atomic E-state index is 0.159. The SMILES string of the molecule is Cc1onc(-c2ccccc2Cl)c1C(=O)N1CC(Oc2ccc(C#N)cn2)C1. The number of benzene rings is 1. The van der Waals surface area contributed by atoms with E-state index in [0.717, 1.165) is 0 Å². The lowest BCUT2D eigenvalue weighted by Crippen LogP contribution is -2.56. The minimum atomic E-state index is -0.179. The quantitative estimate of drug-likeness (QED) is 0.672. The third kappa shape index (κ3) is 3.30. The van der Waals surface area contributed by atoms with Crippen molar-refractivity contribution in [2.24, 2.45) is 0 Å². The molecule has 0 unspecified atom stereocenters. The van der Waals surface area contributed by atoms with E-state index < -0.39 is 0 Å². The maximum atomic E-state index is 13.0. The number of hydrogen-bond acceptors (Lipinski definition) is 6. The summed E-state index contributed by atoms with van der Waals surface area (Å²) >= 11 is 6.25. The Kier molecular flexibility index (Phi) is 4.72. The molecule has 0 N–H and O–H groups in total. The van der Waals surface area contributed by atoms with Gasteiger partial charge in [0.2, 0.25) is 5.88 Å². The third-order valence-corrected chi connectivity index (χ3v) is 4.82. The monoisotopic (exact) mass is 394 g/mol. The van der Waals surface area contributed by atoms with Gasteiger partial charge in [0.05, 0.1) is 23.7 Å². The summed E-state index contributed by atoms with van der Waals surface area (Å²) in [5.41, 5.74) is 1.96. The van der Waals surface area contributed by atoms with Crippen molar-refractivity contribution in [1.82, 2.24) is 15.0 Å². The van der Waals surface area contributed by atoms with Crippen LogP contribution in [0.5, 0.6) is 5.88 Å². The third-order valence-electron chi connectivity index (χ3n) is 4.49. The van der Waals surface area contributed by atoms with Crippen LogP contribution in [0.3, 0.4) is 0 Å². The fraction of sp³-hybridized carbons (Fsp3) is 0.200. The van der Waals surface area contributed by atoms with Crippen LogP contribution < -0.4 is 4.74 Å². The predicted molar refractivity (Wildman–Crippen MR) is 101 cm³/mol. The second-order valence-electron chi connectivity index (χ2n) is 6.39. The summed E-state index contributed by atoms with van der Waals surface area (Å²) in [5.74, 6) is 0.688. The number of aromatic nitrogens is 2. The number of pyridine rings is 1. The van der Waals surface area contributed by atoms with Gasteiger partial charge >= 0.3 is 0 Å². The van der Waals surface area contributed by atoms with Crippen molar-refractivity contribution >= 4 is 17.5 Å². The first-order chi connectivity index (χ1) is 13.6. The molecule has 0 atom stereocenters. The number of likely N-dealkylation sites (tertiary alicyclic amines) is 1. The Labute approximate surface area is 166 Å². The Balaban J connectivity index is 1.46. The Morgan fingerprint density at radius 1 is 1.32 bits per heavy atom. The summed E-state index contributed by atoms with van der Waals surface area (Å²) in [6, 6.07) is 12.5. The van der Waals surface area contributed by atoms with Gasteiger partial charge in [0.1, 0.15) is 29.2 Å². The summed E-state index contributed by atoms with van der Waals surface area (Å²) in [6.45, 7) is 2.55. The van der Waals surface area contributed by atoms with E-state index in [-0.39, 0.29) is 12.0 Å². The van der Waals surface area contributed by atoms with Crippen LogP contribution in [-0.4, -0.2) is 40.1 Å². The fourth-order valence-electron chi connectivity index (χ4n) is 2.98. The van der Waals surface area contributed by atoms with Gasteiger partial charge in [0.25, 0.3) is 5.91 Å². The summed E-state index contributed by atoms with van der Waals surface area (Å²) < 4.78 is 11.0. The molecule has 0 spiro atoms. The van der Waals surface area contributed by atoms with Crippen LogP contribution in [0.25, 0.3) is 11.3 Å². The lowest BCUT2D eigenvalue weighted by Gasteiger charge is -2.38. The highest BCUT2D eigenvalue weighted by molar-refractivity contribution is 6.33. The first-order valence-corrected chi connectivity index (χ1v) is 8.98. The zero-order chi connectivity index (χ0) is 19.7. The van der Waals surface area contributed by atoms with Crippen LogP contribution in [-0.2, 0) is 0 Å². The largest absolute Gasteiger partial charge is 0.471 e. The zero-order valence-electron chi connectivity index (χ0n) is 14.9. The number of ether oxygens (including phenoxy) is 1. The van der Waals surface area contributed by atoms with E-state index in [2.05, 4.69) is 10.1 Å². The molecule has 8 heteroatoms. The summed E-state index contributed by atoms with van der Waals surface area (Å²) in [4.78, 5) is 18.7. The van der Waals surface area contributed by atoms with Crippen molar-refractivity contribution in [3.63, 3.8) is 0 Å². The number of rotatable bonds is 4. The Bertz CT molecular complexity index is 1070. The molecular weight excluding hydrogens is 380 g/mol. The van der Waals surface area contributed by atoms with Gasteiger partial charge in [-0.2, -0.15) is 5.26 Å². The van der Waals surface area contributed by atoms with Crippen molar-refractivity contribution in [1.29, 1.82) is 5.26 Å². The highest BCUT2D eigenvalue weighted by atomic mass is 35.5. The Morgan fingerprint density at radius 3 is 2.79 bits per heavy atom. The fourth-order valence-corrected chi connectivity index (χ4v) is 3.21. The maximum Gasteiger partial charge on any atom is 0.260 e. The van der Waals surface area contributed by atoms with Gasteiger partial charge in [-0.1, -0.05) is 35.0 Å². The second kappa shape index (κ2) is 7.33. The van der Waals surface area contributed by atoms with Crippen molar-refractivity contribution < 1.29 is 14.1 Å². The van der Waals surface area contributed by atoms with E-state index in [1.807, 2.05) is 18.2 Å². The molecule has 0 aliphatic carbocycles. The topological polar surface area (TPSA) is 92.3 Å². The average molecular weight is 395 g/mol. The highest BCUT2D eigenvalue weighted by Crippen LogP contribution is 2.32. The van der Waals surface area contributed by atoms with Gasteiger partial charge < -0.3 is 14.2 Å². The molecule has 140 valence electrons. The lowest BCUT2D eigenvalue weighted by atomic mass is 10.0. The zero-order valence-corrected chi connectivity index (χ0v) is 15.7. The number of nitrogens with zero attached hydrogens (tertiary/aromatic N) is 4. The lowest BCUT2D eigenvalue weighted by molar-refractivity contribution is 0.0159. The molecule has 0 saturated carbocycles. The molecule has 1 aliphatic heterocycles. The molecule has 1 fully saturated rings. The smallest absolute Gasteiger partial charge is 0.260 e. The van der Waals surface area contributed by atoms with Gasteiger partial charge in [-0.3, -0.25) is 4.79 Å². The molecule has 4 rings (SSSR count). The molecule has 3 heterocycles. The Morgan fingerprint density at radius 2 is 2.11 bits per heavy atom. The number of amides is 1. The van der Waals surface area contributed by atoms with E-state index in [1.54, 1.807) is 36.1 Å². The number of carbonyl (C=O) groups is 1. The van der Waals surface area contributed by atoms with Crippen LogP contribution in [0, 0.1) is 18.3 Å². The van der Waals surface area contributed by atoms with E-state index in [9.17, 15) is 4.79 Å². The first-order valence-electron chi connectivity index (χ1n) is 8.60. The van der Waals surface area contributed by atoms with Gasteiger partial charge in [-0.25, -0.2) is 4.98 Å². The van der Waals surface area contributed by atoms with Crippen molar-refractivity contribution in [3.8, 4) is 23.2 Å². The van der Waals surface area contributed by atoms with Gasteiger partial charge in [0.15, 0.2) is 0 Å². The van der Waals surface area contributed by atoms with Gasteiger partial charge in [-0.15, -0.1) is 0 Å². The number of halogens is 1. The number of carbonyl (C=O) groups excluding carboxylic acids is 1. The van der Waals surface area contributed by atoms with Crippen LogP contribution in [0.2, 0.25) is 5.02 Å². The molecule has 28 heavy (non-hydrogen) atoms. The molecule has 1 aromatic carbocycles. The molecule has 1 amide bonds. The maximum absolute atomic E-state index is 13.0. The highest BCUT2D eigenvalue weighted by Gasteiger charge is 2.36. The molecule has 1 saturated heterocycles. The van der Waals surface area contributed by atoms with Crippen molar-refractivity contribution in [3.05, 3.63) is 64.5 Å². The van der Waals surface area contributed by atoms with E-state index in [1.165, 1.54) is 6.20 Å². The Hall–Kier alpha value is -3.37. The standard InChI is InChI=1S/C20H15ClN4O3/c1-12-18(19(24-28-12)15-4-2-3-5-16(15)21)20(26)25-10-14(11-25)27-17-7-6-13(8-22)9-23-17/h2-7,9,14H,10-11H2,1H3. The van der Waals surface area contributed by atoms with E-state index in [0.29, 0.717) is 52.1 Å². The van der Waals surface area contributed by atoms with E-state index >= 15 is 0 Å².